The average Bonchev–Trinajstić information content (AvgIpc) is 2.89. The standard InChI is InChI=1S/C13H14BrN3O2S/c1-8(7-19-2)15-13(18)12-11(16-17-20-12)9-3-5-10(14)6-4-9/h3-6,8H,7H2,1-2H3,(H,15,18). The Balaban J connectivity index is 2.20. The molecule has 2 aromatic rings. The summed E-state index contributed by atoms with van der Waals surface area (Å²) in [5.41, 5.74) is 1.47. The number of carbonyl (C=O) groups is 1. The predicted molar refractivity (Wildman–Crippen MR) is 81.8 cm³/mol. The molecule has 20 heavy (non-hydrogen) atoms. The number of halogens is 1. The van der Waals surface area contributed by atoms with Gasteiger partial charge in [0.25, 0.3) is 5.91 Å². The number of methoxy groups -OCH3 is 1. The number of aromatic nitrogens is 2. The number of hydrogen-bond acceptors (Lipinski definition) is 5. The maximum Gasteiger partial charge on any atom is 0.265 e. The van der Waals surface area contributed by atoms with Gasteiger partial charge in [-0.05, 0) is 30.6 Å². The van der Waals surface area contributed by atoms with Gasteiger partial charge in [-0.2, -0.15) is 0 Å². The molecular weight excluding hydrogens is 342 g/mol. The highest BCUT2D eigenvalue weighted by atomic mass is 79.9. The van der Waals surface area contributed by atoms with Crippen LogP contribution >= 0.6 is 27.5 Å². The summed E-state index contributed by atoms with van der Waals surface area (Å²) in [7, 11) is 1.60. The molecule has 1 atom stereocenters. The molecular formula is C13H14BrN3O2S. The maximum atomic E-state index is 12.2. The summed E-state index contributed by atoms with van der Waals surface area (Å²) < 4.78 is 9.86. The molecule has 1 N–H and O–H groups in total. The quantitative estimate of drug-likeness (QED) is 0.895. The van der Waals surface area contributed by atoms with E-state index in [9.17, 15) is 4.79 Å². The zero-order valence-electron chi connectivity index (χ0n) is 11.1. The molecule has 0 aliphatic rings. The second-order valence-electron chi connectivity index (χ2n) is 4.29. The van der Waals surface area contributed by atoms with E-state index in [0.717, 1.165) is 21.6 Å². The second-order valence-corrected chi connectivity index (χ2v) is 5.96. The third-order valence-corrected chi connectivity index (χ3v) is 3.86. The zero-order chi connectivity index (χ0) is 14.5. The van der Waals surface area contributed by atoms with E-state index in [1.807, 2.05) is 31.2 Å². The molecule has 0 spiro atoms. The van der Waals surface area contributed by atoms with E-state index in [4.69, 9.17) is 4.74 Å². The molecule has 0 aliphatic carbocycles. The van der Waals surface area contributed by atoms with Crippen LogP contribution in [0.4, 0.5) is 0 Å². The molecule has 1 aromatic heterocycles. The Labute approximate surface area is 129 Å². The first-order chi connectivity index (χ1) is 9.61. The first-order valence-electron chi connectivity index (χ1n) is 6.00. The van der Waals surface area contributed by atoms with Crippen molar-refractivity contribution in [3.8, 4) is 11.3 Å². The van der Waals surface area contributed by atoms with Gasteiger partial charge in [-0.25, -0.2) is 0 Å². The molecule has 0 saturated carbocycles. The maximum absolute atomic E-state index is 12.2. The van der Waals surface area contributed by atoms with Crippen molar-refractivity contribution in [1.82, 2.24) is 14.9 Å². The van der Waals surface area contributed by atoms with Crippen LogP contribution in [0.5, 0.6) is 0 Å². The van der Waals surface area contributed by atoms with E-state index in [1.54, 1.807) is 7.11 Å². The van der Waals surface area contributed by atoms with Crippen molar-refractivity contribution >= 4 is 33.4 Å². The van der Waals surface area contributed by atoms with Crippen LogP contribution in [-0.2, 0) is 4.74 Å². The van der Waals surface area contributed by atoms with Crippen LogP contribution in [0.3, 0.4) is 0 Å². The molecule has 1 aromatic carbocycles. The Kier molecular flexibility index (Phi) is 5.22. The lowest BCUT2D eigenvalue weighted by atomic mass is 10.1. The van der Waals surface area contributed by atoms with Gasteiger partial charge in [-0.15, -0.1) is 5.10 Å². The topological polar surface area (TPSA) is 64.1 Å². The van der Waals surface area contributed by atoms with Crippen molar-refractivity contribution in [2.75, 3.05) is 13.7 Å². The highest BCUT2D eigenvalue weighted by Crippen LogP contribution is 2.25. The monoisotopic (exact) mass is 355 g/mol. The number of nitrogens with zero attached hydrogens (tertiary/aromatic N) is 2. The normalized spacial score (nSPS) is 12.2. The Morgan fingerprint density at radius 3 is 2.80 bits per heavy atom. The lowest BCUT2D eigenvalue weighted by molar-refractivity contribution is 0.0910. The molecule has 2 rings (SSSR count). The molecule has 0 fully saturated rings. The van der Waals surface area contributed by atoms with Gasteiger partial charge in [0.15, 0.2) is 0 Å². The second kappa shape index (κ2) is 6.92. The average molecular weight is 356 g/mol. The summed E-state index contributed by atoms with van der Waals surface area (Å²) in [6.45, 7) is 2.35. The molecule has 1 heterocycles. The van der Waals surface area contributed by atoms with E-state index in [2.05, 4.69) is 30.8 Å². The fraction of sp³-hybridized carbons (Fsp3) is 0.308. The van der Waals surface area contributed by atoms with Crippen LogP contribution in [0.1, 0.15) is 16.6 Å². The van der Waals surface area contributed by atoms with E-state index in [1.165, 1.54) is 0 Å². The number of hydrogen-bond donors (Lipinski definition) is 1. The first kappa shape index (κ1) is 15.1. The van der Waals surface area contributed by atoms with Gasteiger partial charge in [-0.1, -0.05) is 32.6 Å². The SMILES string of the molecule is COCC(C)NC(=O)c1snnc1-c1ccc(Br)cc1. The number of nitrogens with one attached hydrogen (secondary N) is 1. The smallest absolute Gasteiger partial charge is 0.265 e. The minimum Gasteiger partial charge on any atom is -0.383 e. The molecule has 106 valence electrons. The molecule has 7 heteroatoms. The van der Waals surface area contributed by atoms with Gasteiger partial charge in [-0.3, -0.25) is 4.79 Å². The Hall–Kier alpha value is -1.31. The Morgan fingerprint density at radius 1 is 1.45 bits per heavy atom. The predicted octanol–water partition coefficient (Wildman–Crippen LogP) is 2.73. The van der Waals surface area contributed by atoms with Gasteiger partial charge in [0.05, 0.1) is 6.61 Å². The highest BCUT2D eigenvalue weighted by molar-refractivity contribution is 9.10. The number of amides is 1. The fourth-order valence-corrected chi connectivity index (χ4v) is 2.57. The zero-order valence-corrected chi connectivity index (χ0v) is 13.5. The third-order valence-electron chi connectivity index (χ3n) is 2.61. The van der Waals surface area contributed by atoms with Gasteiger partial charge in [0.2, 0.25) is 0 Å². The molecule has 0 saturated heterocycles. The highest BCUT2D eigenvalue weighted by Gasteiger charge is 2.19. The van der Waals surface area contributed by atoms with Crippen molar-refractivity contribution in [2.24, 2.45) is 0 Å². The molecule has 1 amide bonds. The largest absolute Gasteiger partial charge is 0.383 e. The van der Waals surface area contributed by atoms with Crippen LogP contribution in [0.15, 0.2) is 28.7 Å². The van der Waals surface area contributed by atoms with Crippen LogP contribution in [-0.4, -0.2) is 35.3 Å². The van der Waals surface area contributed by atoms with E-state index < -0.39 is 0 Å². The Bertz CT molecular complexity index is 586. The number of rotatable bonds is 5. The molecule has 0 radical (unpaired) electrons. The van der Waals surface area contributed by atoms with Crippen molar-refractivity contribution < 1.29 is 9.53 Å². The summed E-state index contributed by atoms with van der Waals surface area (Å²) in [5, 5.41) is 6.91. The van der Waals surface area contributed by atoms with Crippen molar-refractivity contribution in [2.45, 2.75) is 13.0 Å². The lowest BCUT2D eigenvalue weighted by Gasteiger charge is -2.12. The number of carbonyl (C=O) groups excluding carboxylic acids is 1. The van der Waals surface area contributed by atoms with Gasteiger partial charge in [0.1, 0.15) is 10.6 Å². The molecule has 5 nitrogen and oxygen atoms in total. The summed E-state index contributed by atoms with van der Waals surface area (Å²) in [6, 6.07) is 7.55. The van der Waals surface area contributed by atoms with Crippen LogP contribution in [0.25, 0.3) is 11.3 Å². The van der Waals surface area contributed by atoms with E-state index in [0.29, 0.717) is 17.2 Å². The van der Waals surface area contributed by atoms with Crippen molar-refractivity contribution in [1.29, 1.82) is 0 Å². The Morgan fingerprint density at radius 2 is 2.15 bits per heavy atom. The lowest BCUT2D eigenvalue weighted by Crippen LogP contribution is -2.35. The summed E-state index contributed by atoms with van der Waals surface area (Å²) in [5.74, 6) is -0.178. The summed E-state index contributed by atoms with van der Waals surface area (Å²) in [6.07, 6.45) is 0. The van der Waals surface area contributed by atoms with Crippen molar-refractivity contribution in [3.05, 3.63) is 33.6 Å². The molecule has 1 unspecified atom stereocenters. The fourth-order valence-electron chi connectivity index (χ4n) is 1.72. The van der Waals surface area contributed by atoms with Gasteiger partial charge >= 0.3 is 0 Å². The summed E-state index contributed by atoms with van der Waals surface area (Å²) in [4.78, 5) is 12.7. The molecule has 0 aliphatic heterocycles. The number of ether oxygens (including phenoxy) is 1. The number of benzene rings is 1. The van der Waals surface area contributed by atoms with Gasteiger partial charge in [0, 0.05) is 23.2 Å². The minimum atomic E-state index is -0.178. The molecule has 0 bridgehead atoms. The van der Waals surface area contributed by atoms with Crippen LogP contribution in [0.2, 0.25) is 0 Å². The first-order valence-corrected chi connectivity index (χ1v) is 7.56. The van der Waals surface area contributed by atoms with E-state index in [-0.39, 0.29) is 11.9 Å². The minimum absolute atomic E-state index is 0.0626. The van der Waals surface area contributed by atoms with E-state index >= 15 is 0 Å². The van der Waals surface area contributed by atoms with Gasteiger partial charge < -0.3 is 10.1 Å². The van der Waals surface area contributed by atoms with Crippen LogP contribution in [0, 0.1) is 0 Å². The van der Waals surface area contributed by atoms with Crippen molar-refractivity contribution in [3.63, 3.8) is 0 Å². The summed E-state index contributed by atoms with van der Waals surface area (Å²) >= 11 is 4.47. The third kappa shape index (κ3) is 3.62. The van der Waals surface area contributed by atoms with Crippen LogP contribution < -0.4 is 5.32 Å².